The van der Waals surface area contributed by atoms with Gasteiger partial charge in [0.25, 0.3) is 0 Å². The summed E-state index contributed by atoms with van der Waals surface area (Å²) in [5.41, 5.74) is 0.705. The van der Waals surface area contributed by atoms with Crippen LogP contribution in [-0.4, -0.2) is 100 Å². The first kappa shape index (κ1) is 38.2. The second-order valence-electron chi connectivity index (χ2n) is 15.0. The van der Waals surface area contributed by atoms with Crippen molar-refractivity contribution in [3.63, 3.8) is 0 Å². The molecule has 0 saturated carbocycles. The number of carbonyl (C=O) groups is 4. The Labute approximate surface area is 282 Å². The largest absolute Gasteiger partial charge is 0.394 e. The fourth-order valence-corrected chi connectivity index (χ4v) is 6.87. The highest BCUT2D eigenvalue weighted by Gasteiger charge is 2.40. The lowest BCUT2D eigenvalue weighted by atomic mass is 9.84. The van der Waals surface area contributed by atoms with E-state index in [1.54, 1.807) is 23.8 Å². The molecule has 1 unspecified atom stereocenters. The average molecular weight is 654 g/mol. The summed E-state index contributed by atoms with van der Waals surface area (Å²) in [5.74, 6) is -0.885. The first-order valence-electron chi connectivity index (χ1n) is 17.4. The fraction of sp³-hybridized carbons (Fsp3) is 0.676. The van der Waals surface area contributed by atoms with Crippen LogP contribution in [-0.2, 0) is 19.2 Å². The van der Waals surface area contributed by atoms with E-state index in [0.717, 1.165) is 31.4 Å². The summed E-state index contributed by atoms with van der Waals surface area (Å²) in [7, 11) is 1.73. The van der Waals surface area contributed by atoms with E-state index in [-0.39, 0.29) is 48.2 Å². The summed E-state index contributed by atoms with van der Waals surface area (Å²) in [5, 5.41) is 16.0. The van der Waals surface area contributed by atoms with Crippen molar-refractivity contribution in [3.05, 3.63) is 47.5 Å². The minimum absolute atomic E-state index is 0.0216. The Balaban J connectivity index is 1.77. The number of rotatable bonds is 12. The van der Waals surface area contributed by atoms with E-state index in [1.807, 2.05) is 71.0 Å². The highest BCUT2D eigenvalue weighted by atomic mass is 16.3. The zero-order valence-electron chi connectivity index (χ0n) is 30.1. The molecule has 2 saturated heterocycles. The predicted octanol–water partition coefficient (Wildman–Crippen LogP) is 4.05. The molecule has 2 aliphatic heterocycles. The Hall–Kier alpha value is -3.24. The number of nitrogens with one attached hydrogen (secondary N) is 2. The second kappa shape index (κ2) is 16.7. The van der Waals surface area contributed by atoms with Crippen LogP contribution in [0.5, 0.6) is 0 Å². The Morgan fingerprint density at radius 1 is 0.936 bits per heavy atom. The molecule has 3 N–H and O–H groups in total. The van der Waals surface area contributed by atoms with E-state index in [1.165, 1.54) is 0 Å². The molecule has 4 amide bonds. The molecule has 2 heterocycles. The quantitative estimate of drug-likeness (QED) is 0.293. The van der Waals surface area contributed by atoms with Gasteiger partial charge < -0.3 is 25.5 Å². The van der Waals surface area contributed by atoms with Crippen LogP contribution in [0.1, 0.15) is 99.1 Å². The molecule has 10 heteroatoms. The summed E-state index contributed by atoms with van der Waals surface area (Å²) in [6.07, 6.45) is 5.87. The molecule has 0 bridgehead atoms. The summed E-state index contributed by atoms with van der Waals surface area (Å²) < 4.78 is 0. The standard InChI is InChI=1S/C37H59N5O5/c1-24(2)31(40(9)36(47)32(37(6,7)8)39-34(45)29-18-13-14-20-41(29)25(3)4)22-26(5)35(46)42-21-15-19-30(42)33(44)38-28(23-43)27-16-11-10-12-17-27/h10-12,16-17,22,24-25,28-32,43H,13-15,18-21,23H2,1-9H3,(H,38,44)(H,39,45)/b26-22+/t28?,29-,30+,31-,32-/m1/s1. The summed E-state index contributed by atoms with van der Waals surface area (Å²) >= 11 is 0. The Morgan fingerprint density at radius 2 is 1.55 bits per heavy atom. The van der Waals surface area contributed by atoms with Crippen LogP contribution in [0.15, 0.2) is 42.0 Å². The van der Waals surface area contributed by atoms with Gasteiger partial charge in [-0.3, -0.25) is 24.1 Å². The maximum absolute atomic E-state index is 14.2. The van der Waals surface area contributed by atoms with Gasteiger partial charge in [-0.2, -0.15) is 0 Å². The van der Waals surface area contributed by atoms with Gasteiger partial charge in [-0.15, -0.1) is 0 Å². The third kappa shape index (κ3) is 9.66. The summed E-state index contributed by atoms with van der Waals surface area (Å²) in [4.78, 5) is 60.4. The van der Waals surface area contributed by atoms with E-state index >= 15 is 0 Å². The van der Waals surface area contributed by atoms with Gasteiger partial charge in [-0.1, -0.05) is 77.4 Å². The number of likely N-dealkylation sites (tertiary alicyclic amines) is 2. The maximum Gasteiger partial charge on any atom is 0.249 e. The molecule has 0 aromatic heterocycles. The fourth-order valence-electron chi connectivity index (χ4n) is 6.87. The van der Waals surface area contributed by atoms with Crippen LogP contribution in [0.4, 0.5) is 0 Å². The van der Waals surface area contributed by atoms with Crippen LogP contribution in [0, 0.1) is 11.3 Å². The topological polar surface area (TPSA) is 122 Å². The van der Waals surface area contributed by atoms with Gasteiger partial charge in [0.1, 0.15) is 12.1 Å². The van der Waals surface area contributed by atoms with Crippen molar-refractivity contribution in [3.8, 4) is 0 Å². The second-order valence-corrected chi connectivity index (χ2v) is 15.0. The van der Waals surface area contributed by atoms with Gasteiger partial charge in [-0.25, -0.2) is 0 Å². The zero-order valence-corrected chi connectivity index (χ0v) is 30.1. The van der Waals surface area contributed by atoms with Crippen molar-refractivity contribution in [2.24, 2.45) is 11.3 Å². The van der Waals surface area contributed by atoms with Crippen molar-refractivity contribution in [1.29, 1.82) is 0 Å². The number of hydrogen-bond donors (Lipinski definition) is 3. The number of carbonyl (C=O) groups excluding carboxylic acids is 4. The number of likely N-dealkylation sites (N-methyl/N-ethyl adjacent to an activating group) is 1. The molecule has 10 nitrogen and oxygen atoms in total. The molecule has 0 aliphatic carbocycles. The maximum atomic E-state index is 14.2. The van der Waals surface area contributed by atoms with Crippen molar-refractivity contribution in [1.82, 2.24) is 25.3 Å². The van der Waals surface area contributed by atoms with Crippen molar-refractivity contribution in [2.75, 3.05) is 26.7 Å². The average Bonchev–Trinajstić information content (AvgIpc) is 3.53. The van der Waals surface area contributed by atoms with E-state index in [4.69, 9.17) is 0 Å². The third-order valence-corrected chi connectivity index (χ3v) is 9.66. The van der Waals surface area contributed by atoms with Crippen LogP contribution in [0.25, 0.3) is 0 Å². The number of hydrogen-bond acceptors (Lipinski definition) is 6. The van der Waals surface area contributed by atoms with Gasteiger partial charge in [0.15, 0.2) is 0 Å². The van der Waals surface area contributed by atoms with Crippen LogP contribution in [0.2, 0.25) is 0 Å². The number of piperidine rings is 1. The monoisotopic (exact) mass is 653 g/mol. The van der Waals surface area contributed by atoms with Crippen LogP contribution >= 0.6 is 0 Å². The lowest BCUT2D eigenvalue weighted by molar-refractivity contribution is -0.142. The van der Waals surface area contributed by atoms with E-state index in [0.29, 0.717) is 25.0 Å². The van der Waals surface area contributed by atoms with Gasteiger partial charge in [0, 0.05) is 25.2 Å². The molecule has 47 heavy (non-hydrogen) atoms. The summed E-state index contributed by atoms with van der Waals surface area (Å²) in [6.45, 7) is 16.9. The Bertz CT molecular complexity index is 1260. The lowest BCUT2D eigenvalue weighted by Gasteiger charge is -2.41. The third-order valence-electron chi connectivity index (χ3n) is 9.66. The molecule has 2 aliphatic rings. The van der Waals surface area contributed by atoms with E-state index in [9.17, 15) is 24.3 Å². The van der Waals surface area contributed by atoms with Gasteiger partial charge in [-0.05, 0) is 69.9 Å². The smallest absolute Gasteiger partial charge is 0.249 e. The first-order chi connectivity index (χ1) is 22.1. The molecule has 3 rings (SSSR count). The van der Waals surface area contributed by atoms with Gasteiger partial charge in [0.05, 0.1) is 24.7 Å². The van der Waals surface area contributed by atoms with Gasteiger partial charge in [0.2, 0.25) is 23.6 Å². The van der Waals surface area contributed by atoms with Crippen molar-refractivity contribution < 1.29 is 24.3 Å². The molecule has 2 fully saturated rings. The van der Waals surface area contributed by atoms with Gasteiger partial charge >= 0.3 is 0 Å². The number of amides is 4. The van der Waals surface area contributed by atoms with Crippen LogP contribution in [0.3, 0.4) is 0 Å². The number of benzene rings is 1. The van der Waals surface area contributed by atoms with Crippen LogP contribution < -0.4 is 10.6 Å². The first-order valence-corrected chi connectivity index (χ1v) is 17.4. The minimum Gasteiger partial charge on any atom is -0.394 e. The molecule has 5 atom stereocenters. The van der Waals surface area contributed by atoms with E-state index < -0.39 is 29.6 Å². The molecular weight excluding hydrogens is 594 g/mol. The Morgan fingerprint density at radius 3 is 2.13 bits per heavy atom. The minimum atomic E-state index is -0.752. The molecule has 0 spiro atoms. The molecule has 0 radical (unpaired) electrons. The SMILES string of the molecule is C/C(=C\[C@H](C(C)C)N(C)C(=O)[C@@H](NC(=O)[C@H]1CCCCN1C(C)C)C(C)(C)C)C(=O)N1CCC[C@H]1C(=O)NC(CO)c1ccccc1. The molecule has 1 aromatic carbocycles. The number of nitrogens with zero attached hydrogens (tertiary/aromatic N) is 3. The predicted molar refractivity (Wildman–Crippen MR) is 185 cm³/mol. The molecule has 262 valence electrons. The number of aliphatic hydroxyl groups excluding tert-OH is 1. The highest BCUT2D eigenvalue weighted by Crippen LogP contribution is 2.27. The Kier molecular flexibility index (Phi) is 13.6. The lowest BCUT2D eigenvalue weighted by Crippen LogP contribution is -2.60. The normalized spacial score (nSPS) is 21.4. The van der Waals surface area contributed by atoms with E-state index in [2.05, 4.69) is 29.4 Å². The van der Waals surface area contributed by atoms with Crippen molar-refractivity contribution in [2.45, 2.75) is 124 Å². The van der Waals surface area contributed by atoms with Crippen molar-refractivity contribution >= 4 is 23.6 Å². The highest BCUT2D eigenvalue weighted by molar-refractivity contribution is 5.97. The number of aliphatic hydroxyl groups is 1. The molecular formula is C37H59N5O5. The zero-order chi connectivity index (χ0) is 35.1. The molecule has 1 aromatic rings. The summed E-state index contributed by atoms with van der Waals surface area (Å²) in [6, 6.07) is 6.86.